The normalized spacial score (nSPS) is 9.33. The van der Waals surface area contributed by atoms with Crippen molar-refractivity contribution < 1.29 is 26.6 Å². The first-order valence-electron chi connectivity index (χ1n) is 2.47. The molecule has 0 aliphatic rings. The Bertz CT molecular complexity index is 55.4. The van der Waals surface area contributed by atoms with Crippen molar-refractivity contribution in [2.75, 3.05) is 34.3 Å². The summed E-state index contributed by atoms with van der Waals surface area (Å²) in [5.74, 6) is 0. The average molecular weight is 262 g/mol. The number of hydrogen-bond donors (Lipinski definition) is 1. The second-order valence-corrected chi connectivity index (χ2v) is 2.74. The SMILES string of the molecule is C[N+](C)(C)CCO.[AsH3].[Br-]. The molecule has 0 radical (unpaired) electrons. The van der Waals surface area contributed by atoms with E-state index in [1.165, 1.54) is 0 Å². The summed E-state index contributed by atoms with van der Waals surface area (Å²) >= 11 is 0. The zero-order chi connectivity index (χ0) is 5.91. The number of aliphatic hydroxyl groups excluding tert-OH is 1. The van der Waals surface area contributed by atoms with E-state index < -0.39 is 0 Å². The molecule has 0 heterocycles. The fourth-order valence-electron chi connectivity index (χ4n) is 0.300. The number of quaternary nitrogens is 1. The standard InChI is InChI=1S/C5H14NO.AsH3.BrH/c1-6(2,3)4-5-7;;/h7H,4-5H2,1-3H3;1H3;1H/q+1;;/p-1. The van der Waals surface area contributed by atoms with Crippen LogP contribution in [0.25, 0.3) is 0 Å². The van der Waals surface area contributed by atoms with Gasteiger partial charge in [0.2, 0.25) is 0 Å². The summed E-state index contributed by atoms with van der Waals surface area (Å²) in [6, 6.07) is 0. The van der Waals surface area contributed by atoms with Gasteiger partial charge in [-0.25, -0.2) is 0 Å². The van der Waals surface area contributed by atoms with Gasteiger partial charge in [0.05, 0.1) is 27.7 Å². The largest absolute Gasteiger partial charge is 1.00 e. The molecule has 0 aromatic heterocycles. The Morgan fingerprint density at radius 1 is 1.22 bits per heavy atom. The van der Waals surface area contributed by atoms with E-state index in [-0.39, 0.29) is 41.5 Å². The molecule has 0 saturated carbocycles. The van der Waals surface area contributed by atoms with E-state index in [4.69, 9.17) is 5.11 Å². The van der Waals surface area contributed by atoms with Crippen LogP contribution in [0.2, 0.25) is 0 Å². The predicted molar refractivity (Wildman–Crippen MR) is 39.9 cm³/mol. The van der Waals surface area contributed by atoms with Crippen molar-refractivity contribution >= 4 is 18.0 Å². The molecular formula is C5H17AsBrNO. The second kappa shape index (κ2) is 7.07. The maximum atomic E-state index is 8.39. The molecule has 60 valence electrons. The fourth-order valence-corrected chi connectivity index (χ4v) is 0.300. The molecule has 1 unspecified atom stereocenters. The molecule has 0 bridgehead atoms. The van der Waals surface area contributed by atoms with Crippen molar-refractivity contribution in [1.82, 2.24) is 0 Å². The predicted octanol–water partition coefficient (Wildman–Crippen LogP) is -4.49. The van der Waals surface area contributed by atoms with Crippen molar-refractivity contribution in [2.24, 2.45) is 0 Å². The van der Waals surface area contributed by atoms with E-state index >= 15 is 0 Å². The van der Waals surface area contributed by atoms with Gasteiger partial charge >= 0.3 is 18.0 Å². The molecule has 4 heteroatoms. The van der Waals surface area contributed by atoms with E-state index in [0.717, 1.165) is 11.0 Å². The zero-order valence-electron chi connectivity index (χ0n) is 6.39. The third-order valence-corrected chi connectivity index (χ3v) is 0.771. The van der Waals surface area contributed by atoms with Gasteiger partial charge in [-0.3, -0.25) is 0 Å². The molecule has 0 aromatic carbocycles. The summed E-state index contributed by atoms with van der Waals surface area (Å²) in [7, 11) is 6.16. The summed E-state index contributed by atoms with van der Waals surface area (Å²) in [5, 5.41) is 8.39. The average Bonchev–Trinajstić information content (AvgIpc) is 1.30. The van der Waals surface area contributed by atoms with Crippen LogP contribution in [0.15, 0.2) is 0 Å². The molecule has 0 spiro atoms. The van der Waals surface area contributed by atoms with E-state index in [1.54, 1.807) is 0 Å². The van der Waals surface area contributed by atoms with Crippen LogP contribution < -0.4 is 17.0 Å². The molecule has 1 N–H and O–H groups in total. The summed E-state index contributed by atoms with van der Waals surface area (Å²) in [5.41, 5.74) is 0. The van der Waals surface area contributed by atoms with Crippen molar-refractivity contribution in [3.05, 3.63) is 0 Å². The third kappa shape index (κ3) is 17.6. The minimum absolute atomic E-state index is 0. The minimum atomic E-state index is 0. The van der Waals surface area contributed by atoms with Crippen LogP contribution in [0.4, 0.5) is 0 Å². The van der Waals surface area contributed by atoms with Gasteiger partial charge in [0, 0.05) is 0 Å². The molecule has 0 aliphatic carbocycles. The second-order valence-electron chi connectivity index (χ2n) is 2.74. The van der Waals surface area contributed by atoms with Crippen LogP contribution >= 0.6 is 0 Å². The molecule has 1 atom stereocenters. The number of likely N-dealkylation sites (N-methyl/N-ethyl adjacent to an activating group) is 1. The van der Waals surface area contributed by atoms with Crippen LogP contribution in [-0.4, -0.2) is 61.8 Å². The summed E-state index contributed by atoms with van der Waals surface area (Å²) in [6.07, 6.45) is 0. The van der Waals surface area contributed by atoms with E-state index in [9.17, 15) is 0 Å². The van der Waals surface area contributed by atoms with Gasteiger partial charge < -0.3 is 26.6 Å². The number of hydrogen-bond acceptors (Lipinski definition) is 1. The molecule has 0 aromatic rings. The molecule has 0 rings (SSSR count). The Labute approximate surface area is 78.9 Å². The van der Waals surface area contributed by atoms with E-state index in [0.29, 0.717) is 0 Å². The maximum absolute atomic E-state index is 8.39. The first kappa shape index (κ1) is 16.5. The van der Waals surface area contributed by atoms with Crippen LogP contribution in [0.5, 0.6) is 0 Å². The van der Waals surface area contributed by atoms with Crippen molar-refractivity contribution in [3.63, 3.8) is 0 Å². The van der Waals surface area contributed by atoms with Crippen molar-refractivity contribution in [1.29, 1.82) is 0 Å². The van der Waals surface area contributed by atoms with Crippen LogP contribution in [0, 0.1) is 0 Å². The zero-order valence-corrected chi connectivity index (χ0v) is 10.9. The number of halogens is 1. The van der Waals surface area contributed by atoms with Crippen molar-refractivity contribution in [2.45, 2.75) is 0 Å². The van der Waals surface area contributed by atoms with Gasteiger partial charge in [-0.1, -0.05) is 0 Å². The van der Waals surface area contributed by atoms with Gasteiger partial charge in [0.15, 0.2) is 0 Å². The van der Waals surface area contributed by atoms with Crippen LogP contribution in [0.1, 0.15) is 0 Å². The monoisotopic (exact) mass is 261 g/mol. The third-order valence-electron chi connectivity index (χ3n) is 0.771. The summed E-state index contributed by atoms with van der Waals surface area (Å²) < 4.78 is 0.844. The van der Waals surface area contributed by atoms with Gasteiger partial charge in [0.25, 0.3) is 0 Å². The smallest absolute Gasteiger partial charge is 1.00 e. The Kier molecular flexibility index (Phi) is 13.0. The van der Waals surface area contributed by atoms with E-state index in [2.05, 4.69) is 21.1 Å². The van der Waals surface area contributed by atoms with Gasteiger partial charge in [0.1, 0.15) is 6.54 Å². The molecule has 0 amide bonds. The molecule has 9 heavy (non-hydrogen) atoms. The summed E-state index contributed by atoms with van der Waals surface area (Å²) in [4.78, 5) is 0. The van der Waals surface area contributed by atoms with Gasteiger partial charge in [-0.15, -0.1) is 0 Å². The molecule has 0 saturated heterocycles. The Morgan fingerprint density at radius 2 is 1.56 bits per heavy atom. The fraction of sp³-hybridized carbons (Fsp3) is 1.00. The van der Waals surface area contributed by atoms with Gasteiger partial charge in [-0.2, -0.15) is 0 Å². The molecule has 0 aliphatic heterocycles. The Balaban J connectivity index is -0.000000180. The number of aliphatic hydroxyl groups is 1. The maximum Gasteiger partial charge on any atom is -1.00 e. The summed E-state index contributed by atoms with van der Waals surface area (Å²) in [6.45, 7) is 1.11. The van der Waals surface area contributed by atoms with E-state index in [1.807, 2.05) is 0 Å². The topological polar surface area (TPSA) is 20.2 Å². The quantitative estimate of drug-likeness (QED) is 0.393. The number of rotatable bonds is 2. The first-order valence-corrected chi connectivity index (χ1v) is 2.47. The Hall–Kier alpha value is 0.958. The molecule has 0 fully saturated rings. The van der Waals surface area contributed by atoms with Crippen molar-refractivity contribution in [3.8, 4) is 0 Å². The molecular weight excluding hydrogens is 245 g/mol. The Morgan fingerprint density at radius 3 is 1.56 bits per heavy atom. The van der Waals surface area contributed by atoms with Crippen LogP contribution in [0.3, 0.4) is 0 Å². The molecule has 2 nitrogen and oxygen atoms in total. The number of nitrogens with zero attached hydrogens (tertiary/aromatic N) is 1. The first-order chi connectivity index (χ1) is 3.06. The van der Waals surface area contributed by atoms with Gasteiger partial charge in [-0.05, 0) is 0 Å². The minimum Gasteiger partial charge on any atom is -1.00 e. The van der Waals surface area contributed by atoms with Crippen LogP contribution in [-0.2, 0) is 0 Å².